The molecule has 2 heteroatoms. The molecule has 2 N–H and O–H groups in total. The Morgan fingerprint density at radius 1 is 1.28 bits per heavy atom. The van der Waals surface area contributed by atoms with Crippen LogP contribution in [0, 0.1) is 5.92 Å². The Labute approximate surface area is 112 Å². The maximum Gasteiger partial charge on any atom is 0.105 e. The Bertz CT molecular complexity index is 319. The van der Waals surface area contributed by atoms with Gasteiger partial charge in [0.15, 0.2) is 0 Å². The molecule has 18 heavy (non-hydrogen) atoms. The minimum Gasteiger partial charge on any atom is -0.402 e. The summed E-state index contributed by atoms with van der Waals surface area (Å²) in [6.45, 7) is 13.0. The highest BCUT2D eigenvalue weighted by molar-refractivity contribution is 5.27. The normalized spacial score (nSPS) is 25.6. The van der Waals surface area contributed by atoms with Crippen molar-refractivity contribution in [3.05, 3.63) is 23.4 Å². The van der Waals surface area contributed by atoms with Crippen LogP contribution in [0.25, 0.3) is 0 Å². The number of unbranched alkanes of at least 4 members (excludes halogenated alkanes) is 1. The quantitative estimate of drug-likeness (QED) is 0.519. The summed E-state index contributed by atoms with van der Waals surface area (Å²) in [5.74, 6) is 0.359. The Kier molecular flexibility index (Phi) is 5.94. The summed E-state index contributed by atoms with van der Waals surface area (Å²) < 4.78 is 5.53. The van der Waals surface area contributed by atoms with Crippen molar-refractivity contribution in [2.45, 2.75) is 72.0 Å². The van der Waals surface area contributed by atoms with Gasteiger partial charge in [-0.05, 0) is 37.3 Å². The zero-order valence-electron chi connectivity index (χ0n) is 12.5. The number of hydrogen-bond donors (Lipinski definition) is 1. The van der Waals surface area contributed by atoms with E-state index in [0.717, 1.165) is 25.0 Å². The van der Waals surface area contributed by atoms with Crippen LogP contribution < -0.4 is 5.73 Å². The third-order valence-electron chi connectivity index (χ3n) is 3.89. The van der Waals surface area contributed by atoms with Gasteiger partial charge in [0.05, 0.1) is 6.10 Å². The molecule has 2 nitrogen and oxygen atoms in total. The molecule has 1 aliphatic rings. The molecular weight excluding hydrogens is 222 g/mol. The summed E-state index contributed by atoms with van der Waals surface area (Å²) >= 11 is 0. The third kappa shape index (κ3) is 3.88. The van der Waals surface area contributed by atoms with Crippen LogP contribution in [-0.4, -0.2) is 12.2 Å². The van der Waals surface area contributed by atoms with Crippen LogP contribution in [-0.2, 0) is 4.74 Å². The summed E-state index contributed by atoms with van der Waals surface area (Å²) in [5.41, 5.74) is 9.93. The molecule has 0 aromatic carbocycles. The van der Waals surface area contributed by atoms with Crippen molar-refractivity contribution < 1.29 is 4.74 Å². The van der Waals surface area contributed by atoms with E-state index in [1.165, 1.54) is 24.0 Å². The standard InChI is InChI=1S/C16H29NO/c1-6-8-10-14(15(17)9-7-2)11(3)12(4)16-13(5)18-16/h11,13,16H,4,6-10,17H2,1-3,5H3/b15-14-/t11?,13-,16?/m0/s1. The molecular formula is C16H29NO. The van der Waals surface area contributed by atoms with Crippen molar-refractivity contribution in [2.24, 2.45) is 11.7 Å². The Balaban J connectivity index is 2.74. The number of rotatable bonds is 8. The van der Waals surface area contributed by atoms with E-state index in [9.17, 15) is 0 Å². The second kappa shape index (κ2) is 6.98. The Morgan fingerprint density at radius 3 is 2.33 bits per heavy atom. The Morgan fingerprint density at radius 2 is 1.89 bits per heavy atom. The maximum atomic E-state index is 6.26. The lowest BCUT2D eigenvalue weighted by Crippen LogP contribution is -2.14. The monoisotopic (exact) mass is 251 g/mol. The Hall–Kier alpha value is -0.760. The van der Waals surface area contributed by atoms with Crippen LogP contribution in [0.3, 0.4) is 0 Å². The molecule has 0 amide bonds. The average Bonchev–Trinajstić information content (AvgIpc) is 3.06. The number of ether oxygens (including phenoxy) is 1. The highest BCUT2D eigenvalue weighted by atomic mass is 16.6. The van der Waals surface area contributed by atoms with Gasteiger partial charge in [-0.15, -0.1) is 0 Å². The van der Waals surface area contributed by atoms with Crippen molar-refractivity contribution in [3.8, 4) is 0 Å². The molecule has 0 saturated carbocycles. The summed E-state index contributed by atoms with van der Waals surface area (Å²) in [7, 11) is 0. The molecule has 1 fully saturated rings. The molecule has 1 saturated heterocycles. The van der Waals surface area contributed by atoms with Crippen LogP contribution in [0.2, 0.25) is 0 Å². The molecule has 0 aromatic rings. The van der Waals surface area contributed by atoms with Crippen LogP contribution >= 0.6 is 0 Å². The van der Waals surface area contributed by atoms with E-state index in [-0.39, 0.29) is 6.10 Å². The number of epoxide rings is 1. The first-order valence-electron chi connectivity index (χ1n) is 7.34. The molecule has 0 aromatic heterocycles. The zero-order chi connectivity index (χ0) is 13.7. The van der Waals surface area contributed by atoms with E-state index in [1.807, 2.05) is 0 Å². The fraction of sp³-hybridized carbons (Fsp3) is 0.750. The maximum absolute atomic E-state index is 6.26. The van der Waals surface area contributed by atoms with Gasteiger partial charge in [-0.1, -0.05) is 40.2 Å². The molecule has 3 atom stereocenters. The lowest BCUT2D eigenvalue weighted by Gasteiger charge is -2.20. The van der Waals surface area contributed by atoms with Gasteiger partial charge in [-0.25, -0.2) is 0 Å². The highest BCUT2D eigenvalue weighted by Crippen LogP contribution is 2.36. The van der Waals surface area contributed by atoms with Crippen LogP contribution in [0.4, 0.5) is 0 Å². The molecule has 0 spiro atoms. The molecule has 0 aliphatic carbocycles. The van der Waals surface area contributed by atoms with Crippen molar-refractivity contribution in [3.63, 3.8) is 0 Å². The van der Waals surface area contributed by atoms with E-state index in [0.29, 0.717) is 12.0 Å². The minimum absolute atomic E-state index is 0.256. The lowest BCUT2D eigenvalue weighted by molar-refractivity contribution is 0.387. The molecule has 0 bridgehead atoms. The van der Waals surface area contributed by atoms with E-state index in [4.69, 9.17) is 10.5 Å². The van der Waals surface area contributed by atoms with Crippen LogP contribution in [0.5, 0.6) is 0 Å². The van der Waals surface area contributed by atoms with Crippen molar-refractivity contribution in [1.82, 2.24) is 0 Å². The zero-order valence-corrected chi connectivity index (χ0v) is 12.5. The molecule has 0 radical (unpaired) electrons. The predicted octanol–water partition coefficient (Wildman–Crippen LogP) is 4.17. The van der Waals surface area contributed by atoms with E-state index in [2.05, 4.69) is 34.3 Å². The summed E-state index contributed by atoms with van der Waals surface area (Å²) in [4.78, 5) is 0. The summed E-state index contributed by atoms with van der Waals surface area (Å²) in [6, 6.07) is 0. The second-order valence-corrected chi connectivity index (χ2v) is 5.46. The average molecular weight is 251 g/mol. The van der Waals surface area contributed by atoms with E-state index < -0.39 is 0 Å². The summed E-state index contributed by atoms with van der Waals surface area (Å²) in [6.07, 6.45) is 6.22. The van der Waals surface area contributed by atoms with Gasteiger partial charge >= 0.3 is 0 Å². The first kappa shape index (κ1) is 15.3. The largest absolute Gasteiger partial charge is 0.402 e. The second-order valence-electron chi connectivity index (χ2n) is 5.46. The molecule has 2 unspecified atom stereocenters. The van der Waals surface area contributed by atoms with Crippen LogP contribution in [0.15, 0.2) is 23.4 Å². The summed E-state index contributed by atoms with van der Waals surface area (Å²) in [5, 5.41) is 0. The van der Waals surface area contributed by atoms with Crippen molar-refractivity contribution in [2.75, 3.05) is 0 Å². The fourth-order valence-corrected chi connectivity index (χ4v) is 2.50. The number of hydrogen-bond acceptors (Lipinski definition) is 2. The van der Waals surface area contributed by atoms with Gasteiger partial charge in [0.25, 0.3) is 0 Å². The smallest absolute Gasteiger partial charge is 0.105 e. The van der Waals surface area contributed by atoms with Gasteiger partial charge in [0, 0.05) is 11.6 Å². The SMILES string of the molecule is C=C(C(C)/C(CCCC)=C(\N)CCC)C1O[C@H]1C. The molecule has 1 aliphatic heterocycles. The minimum atomic E-state index is 0.256. The van der Waals surface area contributed by atoms with E-state index >= 15 is 0 Å². The predicted molar refractivity (Wildman–Crippen MR) is 78.3 cm³/mol. The van der Waals surface area contributed by atoms with Crippen molar-refractivity contribution in [1.29, 1.82) is 0 Å². The van der Waals surface area contributed by atoms with Gasteiger partial charge in [-0.2, -0.15) is 0 Å². The highest BCUT2D eigenvalue weighted by Gasteiger charge is 2.39. The first-order chi connectivity index (χ1) is 8.52. The number of allylic oxidation sites excluding steroid dienone is 2. The van der Waals surface area contributed by atoms with Gasteiger partial charge in [0.2, 0.25) is 0 Å². The fourth-order valence-electron chi connectivity index (χ4n) is 2.50. The molecule has 1 heterocycles. The van der Waals surface area contributed by atoms with Gasteiger partial charge in [-0.3, -0.25) is 0 Å². The lowest BCUT2D eigenvalue weighted by atomic mass is 9.86. The van der Waals surface area contributed by atoms with Gasteiger partial charge in [0.1, 0.15) is 6.10 Å². The van der Waals surface area contributed by atoms with E-state index in [1.54, 1.807) is 0 Å². The number of nitrogens with two attached hydrogens (primary N) is 1. The molecule has 1 rings (SSSR count). The third-order valence-corrected chi connectivity index (χ3v) is 3.89. The van der Waals surface area contributed by atoms with Gasteiger partial charge < -0.3 is 10.5 Å². The molecule has 104 valence electrons. The first-order valence-corrected chi connectivity index (χ1v) is 7.34. The topological polar surface area (TPSA) is 38.5 Å². The van der Waals surface area contributed by atoms with Crippen LogP contribution in [0.1, 0.15) is 59.8 Å². The van der Waals surface area contributed by atoms with Crippen molar-refractivity contribution >= 4 is 0 Å².